The molecule has 0 unspecified atom stereocenters. The third kappa shape index (κ3) is 3.25. The second-order valence-corrected chi connectivity index (χ2v) is 8.92. The number of thiophene rings is 1. The highest BCUT2D eigenvalue weighted by atomic mass is 79.9. The van der Waals surface area contributed by atoms with E-state index in [1.54, 1.807) is 35.2 Å². The monoisotopic (exact) mass is 441 g/mol. The highest BCUT2D eigenvalue weighted by Crippen LogP contribution is 2.43. The zero-order valence-electron chi connectivity index (χ0n) is 14.3. The minimum atomic E-state index is -1.85. The SMILES string of the molecule is O=C(C[C@]1(O)C(=O)N(Cc2ccccc2)c2ccccc21)c1ccc(Br)s1. The summed E-state index contributed by atoms with van der Waals surface area (Å²) in [5.41, 5.74) is 0.237. The van der Waals surface area contributed by atoms with Crippen LogP contribution in [0.25, 0.3) is 0 Å². The molecule has 1 atom stereocenters. The fraction of sp³-hybridized carbons (Fsp3) is 0.143. The smallest absolute Gasteiger partial charge is 0.264 e. The van der Waals surface area contributed by atoms with E-state index < -0.39 is 11.5 Å². The largest absolute Gasteiger partial charge is 0.375 e. The molecule has 1 aliphatic rings. The van der Waals surface area contributed by atoms with E-state index in [0.717, 1.165) is 9.35 Å². The number of anilines is 1. The van der Waals surface area contributed by atoms with Crippen LogP contribution in [0.4, 0.5) is 5.69 Å². The number of hydrogen-bond acceptors (Lipinski definition) is 4. The summed E-state index contributed by atoms with van der Waals surface area (Å²) in [6, 6.07) is 20.2. The Hall–Kier alpha value is -2.28. The van der Waals surface area contributed by atoms with Crippen LogP contribution in [0, 0.1) is 0 Å². The molecule has 0 radical (unpaired) electrons. The molecule has 0 saturated carbocycles. The summed E-state index contributed by atoms with van der Waals surface area (Å²) in [7, 11) is 0. The van der Waals surface area contributed by atoms with Gasteiger partial charge in [0, 0.05) is 5.56 Å². The zero-order valence-corrected chi connectivity index (χ0v) is 16.7. The average Bonchev–Trinajstić information content (AvgIpc) is 3.20. The van der Waals surface area contributed by atoms with Crippen molar-refractivity contribution in [2.24, 2.45) is 0 Å². The second kappa shape index (κ2) is 7.03. The number of carbonyl (C=O) groups is 2. The van der Waals surface area contributed by atoms with E-state index in [1.165, 1.54) is 11.3 Å². The fourth-order valence-electron chi connectivity index (χ4n) is 3.38. The van der Waals surface area contributed by atoms with E-state index in [2.05, 4.69) is 15.9 Å². The molecule has 3 aromatic rings. The Bertz CT molecular complexity index is 1020. The number of rotatable bonds is 5. The molecule has 0 spiro atoms. The summed E-state index contributed by atoms with van der Waals surface area (Å²) in [6.07, 6.45) is -0.277. The molecule has 0 fully saturated rings. The van der Waals surface area contributed by atoms with Gasteiger partial charge in [-0.05, 0) is 39.7 Å². The van der Waals surface area contributed by atoms with Crippen LogP contribution in [0.1, 0.15) is 27.2 Å². The summed E-state index contributed by atoms with van der Waals surface area (Å²) in [6.45, 7) is 0.345. The van der Waals surface area contributed by atoms with E-state index in [9.17, 15) is 14.7 Å². The van der Waals surface area contributed by atoms with Gasteiger partial charge in [0.15, 0.2) is 11.4 Å². The van der Waals surface area contributed by atoms with Gasteiger partial charge < -0.3 is 10.0 Å². The van der Waals surface area contributed by atoms with Crippen LogP contribution in [0.2, 0.25) is 0 Å². The minimum Gasteiger partial charge on any atom is -0.375 e. The van der Waals surface area contributed by atoms with Crippen molar-refractivity contribution in [2.45, 2.75) is 18.6 Å². The lowest BCUT2D eigenvalue weighted by molar-refractivity contribution is -0.136. The van der Waals surface area contributed by atoms with Gasteiger partial charge in [-0.3, -0.25) is 9.59 Å². The lowest BCUT2D eigenvalue weighted by Gasteiger charge is -2.22. The Morgan fingerprint density at radius 3 is 2.44 bits per heavy atom. The van der Waals surface area contributed by atoms with E-state index in [-0.39, 0.29) is 12.2 Å². The standard InChI is InChI=1S/C21H16BrNO3S/c22-19-11-10-18(27-19)17(24)12-21(26)15-8-4-5-9-16(15)23(20(21)25)13-14-6-2-1-3-7-14/h1-11,26H,12-13H2/t21-/m1/s1. The number of para-hydroxylation sites is 1. The highest BCUT2D eigenvalue weighted by molar-refractivity contribution is 9.11. The lowest BCUT2D eigenvalue weighted by Crippen LogP contribution is -2.41. The first kappa shape index (κ1) is 18.1. The van der Waals surface area contributed by atoms with E-state index in [4.69, 9.17) is 0 Å². The summed E-state index contributed by atoms with van der Waals surface area (Å²) >= 11 is 4.63. The molecule has 0 bridgehead atoms. The van der Waals surface area contributed by atoms with Crippen LogP contribution in [-0.2, 0) is 16.9 Å². The molecule has 4 nitrogen and oxygen atoms in total. The summed E-state index contributed by atoms with van der Waals surface area (Å²) < 4.78 is 0.835. The van der Waals surface area contributed by atoms with Crippen molar-refractivity contribution in [1.82, 2.24) is 0 Å². The van der Waals surface area contributed by atoms with E-state index in [1.807, 2.05) is 36.4 Å². The molecule has 2 aromatic carbocycles. The molecule has 27 heavy (non-hydrogen) atoms. The van der Waals surface area contributed by atoms with Crippen molar-refractivity contribution in [1.29, 1.82) is 0 Å². The number of nitrogens with zero attached hydrogens (tertiary/aromatic N) is 1. The number of Topliss-reactive ketones (excluding diaryl/α,β-unsaturated/α-hetero) is 1. The molecule has 1 N–H and O–H groups in total. The molecule has 1 aliphatic heterocycles. The van der Waals surface area contributed by atoms with Crippen LogP contribution in [0.3, 0.4) is 0 Å². The highest BCUT2D eigenvalue weighted by Gasteiger charge is 2.50. The molecule has 1 amide bonds. The van der Waals surface area contributed by atoms with Gasteiger partial charge >= 0.3 is 0 Å². The minimum absolute atomic E-state index is 0.252. The Morgan fingerprint density at radius 1 is 1.04 bits per heavy atom. The van der Waals surface area contributed by atoms with Crippen LogP contribution in [0.15, 0.2) is 70.5 Å². The van der Waals surface area contributed by atoms with Crippen LogP contribution in [-0.4, -0.2) is 16.8 Å². The van der Waals surface area contributed by atoms with Gasteiger partial charge in [0.05, 0.1) is 27.3 Å². The maximum atomic E-state index is 13.2. The number of ketones is 1. The van der Waals surface area contributed by atoms with Crippen molar-refractivity contribution in [3.63, 3.8) is 0 Å². The summed E-state index contributed by atoms with van der Waals surface area (Å²) in [4.78, 5) is 28.0. The van der Waals surface area contributed by atoms with Crippen LogP contribution in [0.5, 0.6) is 0 Å². The molecule has 6 heteroatoms. The molecule has 136 valence electrons. The summed E-state index contributed by atoms with van der Waals surface area (Å²) in [5.74, 6) is -0.713. The van der Waals surface area contributed by atoms with E-state index in [0.29, 0.717) is 22.7 Å². The molecular formula is C21H16BrNO3S. The predicted octanol–water partition coefficient (Wildman–Crippen LogP) is 4.52. The second-order valence-electron chi connectivity index (χ2n) is 6.46. The van der Waals surface area contributed by atoms with Gasteiger partial charge in [-0.1, -0.05) is 48.5 Å². The number of carbonyl (C=O) groups excluding carboxylic acids is 2. The quantitative estimate of drug-likeness (QED) is 0.592. The number of halogens is 1. The summed E-state index contributed by atoms with van der Waals surface area (Å²) in [5, 5.41) is 11.3. The maximum absolute atomic E-state index is 13.2. The molecule has 0 saturated heterocycles. The van der Waals surface area contributed by atoms with Gasteiger partial charge in [0.25, 0.3) is 5.91 Å². The maximum Gasteiger partial charge on any atom is 0.264 e. The van der Waals surface area contributed by atoms with Gasteiger partial charge in [-0.2, -0.15) is 0 Å². The number of aliphatic hydroxyl groups is 1. The molecule has 0 aliphatic carbocycles. The van der Waals surface area contributed by atoms with Gasteiger partial charge in [0.1, 0.15) is 0 Å². The number of amides is 1. The predicted molar refractivity (Wildman–Crippen MR) is 109 cm³/mol. The Kier molecular flexibility index (Phi) is 4.72. The van der Waals surface area contributed by atoms with Gasteiger partial charge in [0.2, 0.25) is 0 Å². The normalized spacial score (nSPS) is 18.6. The first-order valence-electron chi connectivity index (χ1n) is 8.45. The van der Waals surface area contributed by atoms with Gasteiger partial charge in [-0.15, -0.1) is 11.3 Å². The van der Waals surface area contributed by atoms with Crippen LogP contribution < -0.4 is 4.90 Å². The zero-order chi connectivity index (χ0) is 19.0. The Labute approximate surface area is 169 Å². The number of hydrogen-bond donors (Lipinski definition) is 1. The van der Waals surface area contributed by atoms with E-state index >= 15 is 0 Å². The first-order valence-corrected chi connectivity index (χ1v) is 10.1. The molecule has 2 heterocycles. The topological polar surface area (TPSA) is 57.6 Å². The van der Waals surface area contributed by atoms with Crippen molar-refractivity contribution in [2.75, 3.05) is 4.90 Å². The van der Waals surface area contributed by atoms with Crippen LogP contribution >= 0.6 is 27.3 Å². The third-order valence-electron chi connectivity index (χ3n) is 4.69. The van der Waals surface area contributed by atoms with Crippen molar-refractivity contribution < 1.29 is 14.7 Å². The first-order chi connectivity index (χ1) is 13.0. The Morgan fingerprint density at radius 2 is 1.74 bits per heavy atom. The Balaban J connectivity index is 1.68. The third-order valence-corrected chi connectivity index (χ3v) is 6.35. The van der Waals surface area contributed by atoms with Crippen molar-refractivity contribution >= 4 is 44.6 Å². The van der Waals surface area contributed by atoms with Crippen molar-refractivity contribution in [3.8, 4) is 0 Å². The lowest BCUT2D eigenvalue weighted by atomic mass is 9.89. The molecular weight excluding hydrogens is 426 g/mol. The van der Waals surface area contributed by atoms with Crippen molar-refractivity contribution in [3.05, 3.63) is 86.5 Å². The average molecular weight is 442 g/mol. The molecule has 4 rings (SSSR count). The number of benzene rings is 2. The fourth-order valence-corrected chi connectivity index (χ4v) is 4.71. The van der Waals surface area contributed by atoms with Gasteiger partial charge in [-0.25, -0.2) is 0 Å². The molecule has 1 aromatic heterocycles. The number of fused-ring (bicyclic) bond motifs is 1.